The van der Waals surface area contributed by atoms with Crippen molar-refractivity contribution in [2.45, 2.75) is 19.4 Å². The van der Waals surface area contributed by atoms with Gasteiger partial charge in [-0.3, -0.25) is 9.59 Å². The molecule has 86 valence electrons. The maximum atomic E-state index is 11.8. The molecule has 1 N–H and O–H groups in total. The summed E-state index contributed by atoms with van der Waals surface area (Å²) in [5.41, 5.74) is 0. The van der Waals surface area contributed by atoms with Gasteiger partial charge in [-0.05, 0) is 6.42 Å². The number of amides is 2. The number of carbonyl (C=O) groups is 2. The SMILES string of the molecule is CCC1NCCN(CC(=O)N(C)C)C1=O. The Labute approximate surface area is 90.4 Å². The minimum absolute atomic E-state index is 0.0277. The average Bonchev–Trinajstić information content (AvgIpc) is 2.21. The Bertz CT molecular complexity index is 253. The fourth-order valence-electron chi connectivity index (χ4n) is 1.57. The van der Waals surface area contributed by atoms with Gasteiger partial charge >= 0.3 is 0 Å². The Hall–Kier alpha value is -1.10. The summed E-state index contributed by atoms with van der Waals surface area (Å²) in [6.07, 6.45) is 0.769. The Morgan fingerprint density at radius 2 is 2.27 bits per heavy atom. The van der Waals surface area contributed by atoms with Crippen LogP contribution < -0.4 is 5.32 Å². The number of carbonyl (C=O) groups excluding carboxylic acids is 2. The third kappa shape index (κ3) is 2.92. The summed E-state index contributed by atoms with van der Waals surface area (Å²) in [5.74, 6) is 0.0130. The zero-order chi connectivity index (χ0) is 11.4. The van der Waals surface area contributed by atoms with Crippen LogP contribution in [0.4, 0.5) is 0 Å². The quantitative estimate of drug-likeness (QED) is 0.673. The number of piperazine rings is 1. The van der Waals surface area contributed by atoms with Gasteiger partial charge in [0.1, 0.15) is 0 Å². The lowest BCUT2D eigenvalue weighted by Gasteiger charge is -2.32. The van der Waals surface area contributed by atoms with E-state index in [-0.39, 0.29) is 24.4 Å². The monoisotopic (exact) mass is 213 g/mol. The standard InChI is InChI=1S/C10H19N3O2/c1-4-8-10(15)13(6-5-11-8)7-9(14)12(2)3/h8,11H,4-7H2,1-3H3. The highest BCUT2D eigenvalue weighted by atomic mass is 16.2. The molecule has 1 saturated heterocycles. The molecule has 1 aliphatic heterocycles. The summed E-state index contributed by atoms with van der Waals surface area (Å²) < 4.78 is 0. The van der Waals surface area contributed by atoms with Gasteiger partial charge in [0.15, 0.2) is 0 Å². The number of nitrogens with one attached hydrogen (secondary N) is 1. The highest BCUT2D eigenvalue weighted by molar-refractivity contribution is 5.87. The second-order valence-corrected chi connectivity index (χ2v) is 3.96. The van der Waals surface area contributed by atoms with Crippen molar-refractivity contribution < 1.29 is 9.59 Å². The Balaban J connectivity index is 2.54. The van der Waals surface area contributed by atoms with Crippen LogP contribution >= 0.6 is 0 Å². The van der Waals surface area contributed by atoms with Crippen LogP contribution in [0.25, 0.3) is 0 Å². The molecule has 0 spiro atoms. The van der Waals surface area contributed by atoms with Gasteiger partial charge in [-0.1, -0.05) is 6.92 Å². The van der Waals surface area contributed by atoms with E-state index in [2.05, 4.69) is 5.32 Å². The predicted octanol–water partition coefficient (Wildman–Crippen LogP) is -0.715. The van der Waals surface area contributed by atoms with E-state index in [9.17, 15) is 9.59 Å². The average molecular weight is 213 g/mol. The van der Waals surface area contributed by atoms with Crippen molar-refractivity contribution in [3.8, 4) is 0 Å². The molecule has 1 fully saturated rings. The van der Waals surface area contributed by atoms with E-state index in [0.29, 0.717) is 6.54 Å². The number of nitrogens with zero attached hydrogens (tertiary/aromatic N) is 2. The van der Waals surface area contributed by atoms with Crippen LogP contribution in [-0.2, 0) is 9.59 Å². The topological polar surface area (TPSA) is 52.7 Å². The van der Waals surface area contributed by atoms with E-state index in [0.717, 1.165) is 13.0 Å². The van der Waals surface area contributed by atoms with E-state index in [1.807, 2.05) is 6.92 Å². The van der Waals surface area contributed by atoms with Crippen LogP contribution in [0.3, 0.4) is 0 Å². The van der Waals surface area contributed by atoms with Gasteiger partial charge in [-0.2, -0.15) is 0 Å². The van der Waals surface area contributed by atoms with Gasteiger partial charge in [0.05, 0.1) is 12.6 Å². The highest BCUT2D eigenvalue weighted by Gasteiger charge is 2.28. The fraction of sp³-hybridized carbons (Fsp3) is 0.800. The molecule has 0 aromatic heterocycles. The predicted molar refractivity (Wildman–Crippen MR) is 57.4 cm³/mol. The van der Waals surface area contributed by atoms with Gasteiger partial charge < -0.3 is 15.1 Å². The molecule has 1 rings (SSSR count). The van der Waals surface area contributed by atoms with Gasteiger partial charge in [0.25, 0.3) is 0 Å². The lowest BCUT2D eigenvalue weighted by molar-refractivity contribution is -0.142. The lowest BCUT2D eigenvalue weighted by atomic mass is 10.1. The fourth-order valence-corrected chi connectivity index (χ4v) is 1.57. The molecular formula is C10H19N3O2. The van der Waals surface area contributed by atoms with Crippen molar-refractivity contribution in [3.63, 3.8) is 0 Å². The van der Waals surface area contributed by atoms with Crippen molar-refractivity contribution in [1.29, 1.82) is 0 Å². The number of rotatable bonds is 3. The summed E-state index contributed by atoms with van der Waals surface area (Å²) in [4.78, 5) is 26.4. The van der Waals surface area contributed by atoms with Crippen LogP contribution in [0, 0.1) is 0 Å². The summed E-state index contributed by atoms with van der Waals surface area (Å²) in [7, 11) is 3.40. The summed E-state index contributed by atoms with van der Waals surface area (Å²) in [6.45, 7) is 3.55. The molecule has 0 saturated carbocycles. The maximum absolute atomic E-state index is 11.8. The minimum atomic E-state index is -0.117. The zero-order valence-corrected chi connectivity index (χ0v) is 9.62. The third-order valence-electron chi connectivity index (χ3n) is 2.62. The molecular weight excluding hydrogens is 194 g/mol. The zero-order valence-electron chi connectivity index (χ0n) is 9.62. The van der Waals surface area contributed by atoms with E-state index in [1.54, 1.807) is 19.0 Å². The molecule has 0 bridgehead atoms. The molecule has 2 amide bonds. The first-order chi connectivity index (χ1) is 7.06. The van der Waals surface area contributed by atoms with Crippen LogP contribution in [0.5, 0.6) is 0 Å². The molecule has 1 heterocycles. The number of hydrogen-bond acceptors (Lipinski definition) is 3. The first-order valence-corrected chi connectivity index (χ1v) is 5.28. The molecule has 5 heteroatoms. The number of hydrogen-bond donors (Lipinski definition) is 1. The summed E-state index contributed by atoms with van der Waals surface area (Å²) in [5, 5.41) is 3.13. The van der Waals surface area contributed by atoms with Gasteiger partial charge in [-0.25, -0.2) is 0 Å². The Kier molecular flexibility index (Phi) is 4.08. The smallest absolute Gasteiger partial charge is 0.241 e. The summed E-state index contributed by atoms with van der Waals surface area (Å²) >= 11 is 0. The van der Waals surface area contributed by atoms with E-state index >= 15 is 0 Å². The van der Waals surface area contributed by atoms with Crippen molar-refractivity contribution in [3.05, 3.63) is 0 Å². The second kappa shape index (κ2) is 5.11. The van der Waals surface area contributed by atoms with Crippen molar-refractivity contribution in [2.24, 2.45) is 0 Å². The van der Waals surface area contributed by atoms with Crippen molar-refractivity contribution >= 4 is 11.8 Å². The van der Waals surface area contributed by atoms with Crippen LogP contribution in [0.15, 0.2) is 0 Å². The molecule has 15 heavy (non-hydrogen) atoms. The number of likely N-dealkylation sites (N-methyl/N-ethyl adjacent to an activating group) is 1. The molecule has 5 nitrogen and oxygen atoms in total. The first-order valence-electron chi connectivity index (χ1n) is 5.28. The van der Waals surface area contributed by atoms with Gasteiger partial charge in [-0.15, -0.1) is 0 Å². The van der Waals surface area contributed by atoms with Crippen molar-refractivity contribution in [1.82, 2.24) is 15.1 Å². The minimum Gasteiger partial charge on any atom is -0.347 e. The molecule has 0 aromatic carbocycles. The molecule has 1 atom stereocenters. The lowest BCUT2D eigenvalue weighted by Crippen LogP contribution is -2.56. The van der Waals surface area contributed by atoms with Gasteiger partial charge in [0, 0.05) is 27.2 Å². The first kappa shape index (κ1) is 12.0. The van der Waals surface area contributed by atoms with Crippen LogP contribution in [0.1, 0.15) is 13.3 Å². The summed E-state index contributed by atoms with van der Waals surface area (Å²) in [6, 6.07) is -0.117. The molecule has 1 aliphatic rings. The van der Waals surface area contributed by atoms with E-state index < -0.39 is 0 Å². The molecule has 0 aliphatic carbocycles. The normalized spacial score (nSPS) is 21.7. The molecule has 0 radical (unpaired) electrons. The third-order valence-corrected chi connectivity index (χ3v) is 2.62. The van der Waals surface area contributed by atoms with Crippen LogP contribution in [0.2, 0.25) is 0 Å². The Morgan fingerprint density at radius 3 is 2.80 bits per heavy atom. The van der Waals surface area contributed by atoms with E-state index in [4.69, 9.17) is 0 Å². The van der Waals surface area contributed by atoms with E-state index in [1.165, 1.54) is 4.90 Å². The van der Waals surface area contributed by atoms with Crippen LogP contribution in [-0.4, -0.2) is 61.4 Å². The molecule has 0 aromatic rings. The second-order valence-electron chi connectivity index (χ2n) is 3.96. The maximum Gasteiger partial charge on any atom is 0.241 e. The molecule has 1 unspecified atom stereocenters. The highest BCUT2D eigenvalue weighted by Crippen LogP contribution is 2.04. The van der Waals surface area contributed by atoms with Crippen molar-refractivity contribution in [2.75, 3.05) is 33.7 Å². The largest absolute Gasteiger partial charge is 0.347 e. The Morgan fingerprint density at radius 1 is 1.60 bits per heavy atom. The van der Waals surface area contributed by atoms with Gasteiger partial charge in [0.2, 0.25) is 11.8 Å².